The number of piperazine rings is 1. The molecular weight excluding hydrogens is 530 g/mol. The number of aromatic nitrogens is 1. The highest BCUT2D eigenvalue weighted by Gasteiger charge is 2.25. The number of anilines is 1. The van der Waals surface area contributed by atoms with Gasteiger partial charge in [-0.1, -0.05) is 47.9 Å². The van der Waals surface area contributed by atoms with Crippen LogP contribution in [0.4, 0.5) is 5.13 Å². The molecule has 0 radical (unpaired) electrons. The first-order valence-corrected chi connectivity index (χ1v) is 14.3. The second kappa shape index (κ2) is 12.6. The van der Waals surface area contributed by atoms with Crippen LogP contribution in [0.5, 0.6) is 0 Å². The average molecular weight is 564 g/mol. The molecular formula is C29H33N5O3S2. The second-order valence-corrected chi connectivity index (χ2v) is 12.1. The molecule has 1 aliphatic rings. The zero-order chi connectivity index (χ0) is 28.1. The summed E-state index contributed by atoms with van der Waals surface area (Å²) in [6.45, 7) is 10.2. The third kappa shape index (κ3) is 7.14. The number of rotatable bonds is 8. The zero-order valence-corrected chi connectivity index (χ0v) is 24.3. The molecule has 2 heterocycles. The van der Waals surface area contributed by atoms with Crippen LogP contribution in [0.25, 0.3) is 0 Å². The van der Waals surface area contributed by atoms with Crippen LogP contribution >= 0.6 is 23.1 Å². The maximum atomic E-state index is 13.4. The van der Waals surface area contributed by atoms with E-state index in [0.29, 0.717) is 42.4 Å². The van der Waals surface area contributed by atoms with E-state index in [-0.39, 0.29) is 17.7 Å². The van der Waals surface area contributed by atoms with Crippen molar-refractivity contribution < 1.29 is 14.4 Å². The first-order chi connectivity index (χ1) is 18.6. The second-order valence-electron chi connectivity index (χ2n) is 9.73. The third-order valence-corrected chi connectivity index (χ3v) is 8.58. The molecule has 1 saturated heterocycles. The van der Waals surface area contributed by atoms with Gasteiger partial charge >= 0.3 is 0 Å². The molecule has 2 aromatic carbocycles. The number of hydrogen-bond acceptors (Lipinski definition) is 7. The summed E-state index contributed by atoms with van der Waals surface area (Å²) in [6.07, 6.45) is 3.05. The van der Waals surface area contributed by atoms with Crippen LogP contribution in [0, 0.1) is 13.8 Å². The number of thiazole rings is 1. The highest BCUT2D eigenvalue weighted by molar-refractivity contribution is 8.01. The number of carbonyl (C=O) groups is 3. The molecule has 10 heteroatoms. The molecule has 8 nitrogen and oxygen atoms in total. The molecule has 1 aromatic heterocycles. The molecule has 3 amide bonds. The number of amides is 3. The Bertz CT molecular complexity index is 1390. The van der Waals surface area contributed by atoms with E-state index in [4.69, 9.17) is 0 Å². The van der Waals surface area contributed by atoms with E-state index < -0.39 is 0 Å². The maximum Gasteiger partial charge on any atom is 0.257 e. The number of aryl methyl sites for hydroxylation is 2. The SMILES string of the molecule is C=CC(=O)N1CCN(C(=O)c2cc(Sc3cnc(NC(=O)c4cccc(CN(C)C)c4)s3)c(C)cc2C)CC1. The van der Waals surface area contributed by atoms with Crippen molar-refractivity contribution in [3.63, 3.8) is 0 Å². The van der Waals surface area contributed by atoms with Gasteiger partial charge in [0.05, 0.1) is 10.4 Å². The summed E-state index contributed by atoms with van der Waals surface area (Å²) in [7, 11) is 3.98. The first kappa shape index (κ1) is 28.5. The molecule has 4 rings (SSSR count). The monoisotopic (exact) mass is 563 g/mol. The maximum absolute atomic E-state index is 13.4. The fourth-order valence-electron chi connectivity index (χ4n) is 4.42. The lowest BCUT2D eigenvalue weighted by Gasteiger charge is -2.34. The Morgan fingerprint density at radius 1 is 1.08 bits per heavy atom. The van der Waals surface area contributed by atoms with Crippen molar-refractivity contribution in [2.45, 2.75) is 29.5 Å². The minimum absolute atomic E-state index is 0.0335. The largest absolute Gasteiger partial charge is 0.336 e. The average Bonchev–Trinajstić information content (AvgIpc) is 3.35. The van der Waals surface area contributed by atoms with E-state index in [0.717, 1.165) is 32.3 Å². The van der Waals surface area contributed by atoms with Crippen LogP contribution in [0.15, 0.2) is 64.4 Å². The van der Waals surface area contributed by atoms with Crippen molar-refractivity contribution in [3.05, 3.63) is 83.1 Å². The van der Waals surface area contributed by atoms with Crippen LogP contribution < -0.4 is 5.32 Å². The lowest BCUT2D eigenvalue weighted by atomic mass is 10.0. The van der Waals surface area contributed by atoms with Gasteiger partial charge in [-0.25, -0.2) is 4.98 Å². The van der Waals surface area contributed by atoms with Gasteiger partial charge in [0.25, 0.3) is 11.8 Å². The Morgan fingerprint density at radius 2 is 1.79 bits per heavy atom. The van der Waals surface area contributed by atoms with Crippen molar-refractivity contribution in [3.8, 4) is 0 Å². The van der Waals surface area contributed by atoms with Gasteiger partial charge in [-0.15, -0.1) is 0 Å². The van der Waals surface area contributed by atoms with Gasteiger partial charge in [0.2, 0.25) is 5.91 Å². The van der Waals surface area contributed by atoms with Gasteiger partial charge in [-0.3, -0.25) is 19.7 Å². The number of benzene rings is 2. The van der Waals surface area contributed by atoms with Crippen LogP contribution in [0.3, 0.4) is 0 Å². The minimum atomic E-state index is -0.198. The van der Waals surface area contributed by atoms with Gasteiger partial charge < -0.3 is 14.7 Å². The Morgan fingerprint density at radius 3 is 2.49 bits per heavy atom. The molecule has 39 heavy (non-hydrogen) atoms. The fourth-order valence-corrected chi connectivity index (χ4v) is 6.36. The van der Waals surface area contributed by atoms with E-state index >= 15 is 0 Å². The first-order valence-electron chi connectivity index (χ1n) is 12.6. The molecule has 0 aliphatic carbocycles. The number of hydrogen-bond donors (Lipinski definition) is 1. The summed E-state index contributed by atoms with van der Waals surface area (Å²) in [6, 6.07) is 11.5. The molecule has 0 bridgehead atoms. The van der Waals surface area contributed by atoms with Gasteiger partial charge in [0.1, 0.15) is 0 Å². The standard InChI is InChI=1S/C29H33N5O3S2/c1-6-25(35)33-10-12-34(13-11-33)28(37)23-16-24(20(3)14-19(23)2)38-26-17-30-29(39-26)31-27(36)22-9-7-8-21(15-22)18-32(4)5/h6-9,14-17H,1,10-13,18H2,2-5H3,(H,30,31,36). The van der Waals surface area contributed by atoms with E-state index in [1.54, 1.807) is 22.1 Å². The lowest BCUT2D eigenvalue weighted by molar-refractivity contribution is -0.127. The predicted octanol–water partition coefficient (Wildman–Crippen LogP) is 4.70. The summed E-state index contributed by atoms with van der Waals surface area (Å²) in [5.41, 5.74) is 4.29. The molecule has 0 saturated carbocycles. The van der Waals surface area contributed by atoms with Crippen molar-refractivity contribution in [2.24, 2.45) is 0 Å². The van der Waals surface area contributed by atoms with Crippen LogP contribution in [-0.4, -0.2) is 77.7 Å². The van der Waals surface area contributed by atoms with Crippen LogP contribution in [0.2, 0.25) is 0 Å². The van der Waals surface area contributed by atoms with Crippen molar-refractivity contribution in [2.75, 3.05) is 45.6 Å². The summed E-state index contributed by atoms with van der Waals surface area (Å²) in [4.78, 5) is 49.0. The lowest BCUT2D eigenvalue weighted by Crippen LogP contribution is -2.50. The van der Waals surface area contributed by atoms with Gasteiger partial charge in [0.15, 0.2) is 5.13 Å². The number of nitrogens with one attached hydrogen (secondary N) is 1. The van der Waals surface area contributed by atoms with E-state index in [2.05, 4.69) is 21.8 Å². The van der Waals surface area contributed by atoms with Gasteiger partial charge in [-0.05, 0) is 68.9 Å². The molecule has 0 unspecified atom stereocenters. The molecule has 1 fully saturated rings. The third-order valence-electron chi connectivity index (χ3n) is 6.41. The Hall–Kier alpha value is -3.47. The number of carbonyl (C=O) groups excluding carboxylic acids is 3. The Kier molecular flexibility index (Phi) is 9.21. The molecule has 1 N–H and O–H groups in total. The minimum Gasteiger partial charge on any atom is -0.336 e. The number of nitrogens with zero attached hydrogens (tertiary/aromatic N) is 4. The van der Waals surface area contributed by atoms with Crippen molar-refractivity contribution in [1.82, 2.24) is 19.7 Å². The molecule has 0 spiro atoms. The summed E-state index contributed by atoms with van der Waals surface area (Å²) < 4.78 is 0.911. The van der Waals surface area contributed by atoms with E-state index in [9.17, 15) is 14.4 Å². The van der Waals surface area contributed by atoms with Crippen molar-refractivity contribution in [1.29, 1.82) is 0 Å². The quantitative estimate of drug-likeness (QED) is 0.400. The molecule has 204 valence electrons. The summed E-state index contributed by atoms with van der Waals surface area (Å²) in [5.74, 6) is -0.338. The normalized spacial score (nSPS) is 13.5. The predicted molar refractivity (Wildman–Crippen MR) is 157 cm³/mol. The molecule has 3 aromatic rings. The highest BCUT2D eigenvalue weighted by atomic mass is 32.2. The summed E-state index contributed by atoms with van der Waals surface area (Å²) in [5, 5.41) is 3.43. The fraction of sp³-hybridized carbons (Fsp3) is 0.310. The van der Waals surface area contributed by atoms with E-state index in [1.807, 2.05) is 58.3 Å². The Balaban J connectivity index is 1.43. The molecule has 1 aliphatic heterocycles. The van der Waals surface area contributed by atoms with Gasteiger partial charge in [0, 0.05) is 48.7 Å². The topological polar surface area (TPSA) is 85.9 Å². The molecule has 0 atom stereocenters. The van der Waals surface area contributed by atoms with Gasteiger partial charge in [-0.2, -0.15) is 0 Å². The Labute approximate surface area is 237 Å². The zero-order valence-electron chi connectivity index (χ0n) is 22.7. The summed E-state index contributed by atoms with van der Waals surface area (Å²) >= 11 is 2.92. The van der Waals surface area contributed by atoms with Crippen LogP contribution in [0.1, 0.15) is 37.4 Å². The smallest absolute Gasteiger partial charge is 0.257 e. The highest BCUT2D eigenvalue weighted by Crippen LogP contribution is 2.37. The van der Waals surface area contributed by atoms with E-state index in [1.165, 1.54) is 29.2 Å². The van der Waals surface area contributed by atoms with Crippen LogP contribution in [-0.2, 0) is 11.3 Å². The van der Waals surface area contributed by atoms with Crippen molar-refractivity contribution >= 4 is 46.0 Å².